The Hall–Kier alpha value is -1.92. The monoisotopic (exact) mass is 384 g/mol. The molecule has 0 bridgehead atoms. The van der Waals surface area contributed by atoms with Crippen LogP contribution in [-0.4, -0.2) is 52.9 Å². The largest absolute Gasteiger partial charge is 0.332 e. The highest BCUT2D eigenvalue weighted by Crippen LogP contribution is 2.31. The van der Waals surface area contributed by atoms with Gasteiger partial charge < -0.3 is 15.0 Å². The SMILES string of the molecule is O=C[C@H]1NCC(=S)C1C(=O)[C@@H]1CCCN1C(=O)[C@@H]1CCc2ccccc2C1. The van der Waals surface area contributed by atoms with Crippen LogP contribution in [0, 0.1) is 11.8 Å². The Morgan fingerprint density at radius 3 is 2.74 bits per heavy atom. The Labute approximate surface area is 164 Å². The molecule has 2 heterocycles. The zero-order valence-corrected chi connectivity index (χ0v) is 16.0. The van der Waals surface area contributed by atoms with Gasteiger partial charge in [-0.3, -0.25) is 9.59 Å². The van der Waals surface area contributed by atoms with Crippen LogP contribution in [0.2, 0.25) is 0 Å². The number of carbonyl (C=O) groups is 3. The van der Waals surface area contributed by atoms with Gasteiger partial charge in [-0.15, -0.1) is 0 Å². The van der Waals surface area contributed by atoms with E-state index in [-0.39, 0.29) is 17.6 Å². The summed E-state index contributed by atoms with van der Waals surface area (Å²) in [7, 11) is 0. The number of thiocarbonyl (C=S) groups is 1. The molecule has 1 aromatic rings. The lowest BCUT2D eigenvalue weighted by molar-refractivity contribution is -0.142. The third-order valence-electron chi connectivity index (χ3n) is 6.23. The predicted octanol–water partition coefficient (Wildman–Crippen LogP) is 1.51. The molecule has 142 valence electrons. The molecule has 3 aliphatic rings. The molecule has 4 rings (SSSR count). The van der Waals surface area contributed by atoms with E-state index in [1.54, 1.807) is 4.90 Å². The summed E-state index contributed by atoms with van der Waals surface area (Å²) in [5, 5.41) is 3.00. The van der Waals surface area contributed by atoms with Crippen molar-refractivity contribution in [3.05, 3.63) is 35.4 Å². The van der Waals surface area contributed by atoms with Crippen molar-refractivity contribution >= 4 is 35.1 Å². The van der Waals surface area contributed by atoms with Gasteiger partial charge in [0.15, 0.2) is 5.78 Å². The number of hydrogen-bond donors (Lipinski definition) is 1. The van der Waals surface area contributed by atoms with Gasteiger partial charge in [0, 0.05) is 23.9 Å². The lowest BCUT2D eigenvalue weighted by Gasteiger charge is -2.32. The molecule has 2 aliphatic heterocycles. The van der Waals surface area contributed by atoms with Crippen LogP contribution >= 0.6 is 12.2 Å². The van der Waals surface area contributed by atoms with E-state index in [9.17, 15) is 14.4 Å². The van der Waals surface area contributed by atoms with E-state index in [1.165, 1.54) is 11.1 Å². The maximum absolute atomic E-state index is 13.2. The van der Waals surface area contributed by atoms with Crippen LogP contribution in [0.1, 0.15) is 30.4 Å². The van der Waals surface area contributed by atoms with E-state index >= 15 is 0 Å². The molecule has 6 heteroatoms. The molecule has 5 nitrogen and oxygen atoms in total. The summed E-state index contributed by atoms with van der Waals surface area (Å²) in [6.45, 7) is 1.03. The zero-order chi connectivity index (χ0) is 19.0. The second kappa shape index (κ2) is 7.60. The van der Waals surface area contributed by atoms with Crippen molar-refractivity contribution in [3.8, 4) is 0 Å². The predicted molar refractivity (Wildman–Crippen MR) is 106 cm³/mol. The number of Topliss-reactive ketones (excluding diaryl/α,β-unsaturated/α-hetero) is 1. The molecule has 0 aromatic heterocycles. The van der Waals surface area contributed by atoms with Crippen LogP contribution in [0.3, 0.4) is 0 Å². The van der Waals surface area contributed by atoms with Crippen LogP contribution < -0.4 is 5.32 Å². The Bertz CT molecular complexity index is 793. The summed E-state index contributed by atoms with van der Waals surface area (Å²) in [5.41, 5.74) is 2.57. The number of benzene rings is 1. The number of amides is 1. The van der Waals surface area contributed by atoms with Gasteiger partial charge in [0.2, 0.25) is 5.91 Å². The minimum absolute atomic E-state index is 0.0656. The Kier molecular flexibility index (Phi) is 5.19. The standard InChI is InChI=1S/C21H24N2O3S/c24-12-16-19(18(27)11-22-16)20(25)17-6-3-9-23(17)21(26)15-8-7-13-4-1-2-5-14(13)10-15/h1-2,4-5,12,15-17,19,22H,3,6-11H2/t15-,16-,17+,19?/m1/s1. The number of nitrogens with zero attached hydrogens (tertiary/aromatic N) is 1. The van der Waals surface area contributed by atoms with Crippen molar-refractivity contribution in [2.75, 3.05) is 13.1 Å². The van der Waals surface area contributed by atoms with E-state index in [2.05, 4.69) is 17.4 Å². The van der Waals surface area contributed by atoms with Gasteiger partial charge in [0.05, 0.1) is 18.0 Å². The van der Waals surface area contributed by atoms with E-state index in [0.717, 1.165) is 32.0 Å². The second-order valence-corrected chi connectivity index (χ2v) is 8.31. The van der Waals surface area contributed by atoms with Gasteiger partial charge in [-0.05, 0) is 43.2 Å². The fourth-order valence-electron chi connectivity index (χ4n) is 4.79. The number of carbonyl (C=O) groups excluding carboxylic acids is 3. The van der Waals surface area contributed by atoms with Crippen LogP contribution in [-0.2, 0) is 27.2 Å². The number of hydrogen-bond acceptors (Lipinski definition) is 5. The van der Waals surface area contributed by atoms with Gasteiger partial charge in [-0.2, -0.15) is 0 Å². The third-order valence-corrected chi connectivity index (χ3v) is 6.63. The summed E-state index contributed by atoms with van der Waals surface area (Å²) in [6.07, 6.45) is 4.73. The lowest BCUT2D eigenvalue weighted by atomic mass is 9.82. The summed E-state index contributed by atoms with van der Waals surface area (Å²) in [6, 6.07) is 7.29. The van der Waals surface area contributed by atoms with Gasteiger partial charge >= 0.3 is 0 Å². The van der Waals surface area contributed by atoms with E-state index < -0.39 is 18.0 Å². The Morgan fingerprint density at radius 1 is 1.19 bits per heavy atom. The molecule has 4 atom stereocenters. The van der Waals surface area contributed by atoms with Crippen molar-refractivity contribution in [2.45, 2.75) is 44.2 Å². The van der Waals surface area contributed by atoms with Crippen LogP contribution in [0.4, 0.5) is 0 Å². The third kappa shape index (κ3) is 3.36. The molecule has 1 N–H and O–H groups in total. The molecule has 0 saturated carbocycles. The summed E-state index contributed by atoms with van der Waals surface area (Å²) in [5.74, 6) is -0.629. The smallest absolute Gasteiger partial charge is 0.226 e. The number of ketones is 1. The lowest BCUT2D eigenvalue weighted by Crippen LogP contribution is -2.49. The topological polar surface area (TPSA) is 66.5 Å². The number of aryl methyl sites for hydroxylation is 1. The first kappa shape index (κ1) is 18.4. The van der Waals surface area contributed by atoms with Crippen molar-refractivity contribution in [1.29, 1.82) is 0 Å². The number of rotatable bonds is 4. The minimum atomic E-state index is -0.581. The average molecular weight is 385 g/mol. The molecule has 0 spiro atoms. The fraction of sp³-hybridized carbons (Fsp3) is 0.524. The van der Waals surface area contributed by atoms with Gasteiger partial charge in [-0.1, -0.05) is 36.5 Å². The quantitative estimate of drug-likeness (QED) is 0.630. The van der Waals surface area contributed by atoms with Gasteiger partial charge in [-0.25, -0.2) is 0 Å². The summed E-state index contributed by atoms with van der Waals surface area (Å²) < 4.78 is 0. The highest BCUT2D eigenvalue weighted by Gasteiger charge is 2.45. The van der Waals surface area contributed by atoms with Crippen LogP contribution in [0.25, 0.3) is 0 Å². The first-order valence-electron chi connectivity index (χ1n) is 9.72. The normalized spacial score (nSPS) is 30.2. The highest BCUT2D eigenvalue weighted by atomic mass is 32.1. The molecule has 0 radical (unpaired) electrons. The van der Waals surface area contributed by atoms with Gasteiger partial charge in [0.25, 0.3) is 0 Å². The Morgan fingerprint density at radius 2 is 1.96 bits per heavy atom. The van der Waals surface area contributed by atoms with E-state index in [0.29, 0.717) is 24.4 Å². The number of nitrogens with one attached hydrogen (secondary N) is 1. The molecule has 1 aromatic carbocycles. The first-order valence-corrected chi connectivity index (χ1v) is 10.1. The van der Waals surface area contributed by atoms with Crippen LogP contribution in [0.5, 0.6) is 0 Å². The maximum Gasteiger partial charge on any atom is 0.226 e. The first-order chi connectivity index (χ1) is 13.1. The average Bonchev–Trinajstić information content (AvgIpc) is 3.33. The minimum Gasteiger partial charge on any atom is -0.332 e. The second-order valence-electron chi connectivity index (χ2n) is 7.79. The molecule has 27 heavy (non-hydrogen) atoms. The molecule has 2 saturated heterocycles. The van der Waals surface area contributed by atoms with Crippen molar-refractivity contribution < 1.29 is 14.4 Å². The molecule has 1 unspecified atom stereocenters. The van der Waals surface area contributed by atoms with E-state index in [4.69, 9.17) is 12.2 Å². The Balaban J connectivity index is 1.50. The maximum atomic E-state index is 13.2. The summed E-state index contributed by atoms with van der Waals surface area (Å²) >= 11 is 5.32. The molecular weight excluding hydrogens is 360 g/mol. The zero-order valence-electron chi connectivity index (χ0n) is 15.2. The molecular formula is C21H24N2O3S. The number of likely N-dealkylation sites (tertiary alicyclic amines) is 1. The fourth-order valence-corrected chi connectivity index (χ4v) is 5.13. The number of fused-ring (bicyclic) bond motifs is 1. The van der Waals surface area contributed by atoms with Gasteiger partial charge in [0.1, 0.15) is 6.29 Å². The van der Waals surface area contributed by atoms with Crippen molar-refractivity contribution in [3.63, 3.8) is 0 Å². The molecule has 1 aliphatic carbocycles. The molecule has 1 amide bonds. The van der Waals surface area contributed by atoms with E-state index in [1.807, 2.05) is 12.1 Å². The highest BCUT2D eigenvalue weighted by molar-refractivity contribution is 7.80. The van der Waals surface area contributed by atoms with Crippen molar-refractivity contribution in [1.82, 2.24) is 10.2 Å². The van der Waals surface area contributed by atoms with Crippen LogP contribution in [0.15, 0.2) is 24.3 Å². The summed E-state index contributed by atoms with van der Waals surface area (Å²) in [4.78, 5) is 40.0. The van der Waals surface area contributed by atoms with Crippen molar-refractivity contribution in [2.24, 2.45) is 11.8 Å². The number of aldehydes is 1. The molecule has 2 fully saturated rings.